The maximum Gasteiger partial charge on any atom is 0.387 e. The van der Waals surface area contributed by atoms with Gasteiger partial charge in [-0.2, -0.15) is 8.78 Å². The zero-order chi connectivity index (χ0) is 20.5. The van der Waals surface area contributed by atoms with Crippen molar-refractivity contribution in [2.24, 2.45) is 0 Å². The Morgan fingerprint density at radius 2 is 1.64 bits per heavy atom. The van der Waals surface area contributed by atoms with Gasteiger partial charge in [0.05, 0.1) is 5.92 Å². The molecule has 0 heterocycles. The lowest BCUT2D eigenvalue weighted by atomic mass is 9.97. The third-order valence-electron chi connectivity index (χ3n) is 3.83. The molecule has 0 aliphatic heterocycles. The van der Waals surface area contributed by atoms with Gasteiger partial charge >= 0.3 is 12.6 Å². The Labute approximate surface area is 160 Å². The van der Waals surface area contributed by atoms with Gasteiger partial charge in [0.25, 0.3) is 11.8 Å². The molecule has 0 aliphatic rings. The van der Waals surface area contributed by atoms with Gasteiger partial charge in [0.15, 0.2) is 6.61 Å². The van der Waals surface area contributed by atoms with Gasteiger partial charge in [-0.3, -0.25) is 19.7 Å². The molecule has 28 heavy (non-hydrogen) atoms. The molecule has 0 saturated carbocycles. The highest BCUT2D eigenvalue weighted by Gasteiger charge is 2.21. The molecule has 0 radical (unpaired) electrons. The molecule has 0 aromatic heterocycles. The molecule has 0 fully saturated rings. The van der Waals surface area contributed by atoms with Crippen LogP contribution in [0.1, 0.15) is 35.2 Å². The number of esters is 1. The second kappa shape index (κ2) is 10.1. The van der Waals surface area contributed by atoms with Crippen LogP contribution < -0.4 is 10.1 Å². The second-order valence-corrected chi connectivity index (χ2v) is 5.76. The third-order valence-corrected chi connectivity index (χ3v) is 3.83. The molecule has 0 aliphatic carbocycles. The van der Waals surface area contributed by atoms with E-state index in [9.17, 15) is 23.2 Å². The molecule has 2 amide bonds. The van der Waals surface area contributed by atoms with Gasteiger partial charge in [0.1, 0.15) is 5.75 Å². The van der Waals surface area contributed by atoms with E-state index < -0.39 is 36.9 Å². The molecule has 8 heteroatoms. The summed E-state index contributed by atoms with van der Waals surface area (Å²) >= 11 is 0. The Bertz CT molecular complexity index is 809. The highest BCUT2D eigenvalue weighted by molar-refractivity contribution is 6.05. The van der Waals surface area contributed by atoms with Gasteiger partial charge in [-0.05, 0) is 36.2 Å². The van der Waals surface area contributed by atoms with E-state index in [-0.39, 0.29) is 11.3 Å². The first-order valence-electron chi connectivity index (χ1n) is 8.51. The van der Waals surface area contributed by atoms with Gasteiger partial charge in [0, 0.05) is 5.56 Å². The minimum absolute atomic E-state index is 0.0667. The highest BCUT2D eigenvalue weighted by Crippen LogP contribution is 2.20. The van der Waals surface area contributed by atoms with Crippen molar-refractivity contribution >= 4 is 17.8 Å². The van der Waals surface area contributed by atoms with E-state index in [1.165, 1.54) is 24.3 Å². The quantitative estimate of drug-likeness (QED) is 0.699. The van der Waals surface area contributed by atoms with Crippen molar-refractivity contribution in [2.75, 3.05) is 6.61 Å². The molecule has 1 atom stereocenters. The molecule has 0 spiro atoms. The van der Waals surface area contributed by atoms with E-state index in [1.807, 2.05) is 13.0 Å². The molecule has 0 saturated heterocycles. The number of imide groups is 1. The first-order chi connectivity index (χ1) is 13.4. The van der Waals surface area contributed by atoms with E-state index in [1.54, 1.807) is 24.3 Å². The highest BCUT2D eigenvalue weighted by atomic mass is 19.3. The fourth-order valence-electron chi connectivity index (χ4n) is 2.48. The van der Waals surface area contributed by atoms with Crippen LogP contribution in [0.5, 0.6) is 5.75 Å². The summed E-state index contributed by atoms with van der Waals surface area (Å²) < 4.78 is 33.4. The number of alkyl halides is 2. The maximum atomic E-state index is 12.2. The molecule has 0 bridgehead atoms. The summed E-state index contributed by atoms with van der Waals surface area (Å²) in [7, 11) is 0. The van der Waals surface area contributed by atoms with E-state index in [0.717, 1.165) is 5.56 Å². The van der Waals surface area contributed by atoms with Crippen LogP contribution in [0, 0.1) is 0 Å². The monoisotopic (exact) mass is 391 g/mol. The first kappa shape index (κ1) is 21.0. The first-order valence-corrected chi connectivity index (χ1v) is 8.51. The third kappa shape index (κ3) is 6.15. The van der Waals surface area contributed by atoms with E-state index in [0.29, 0.717) is 6.42 Å². The van der Waals surface area contributed by atoms with Gasteiger partial charge in [-0.1, -0.05) is 37.3 Å². The Hall–Kier alpha value is -3.29. The average Bonchev–Trinajstić information content (AvgIpc) is 2.68. The van der Waals surface area contributed by atoms with Crippen molar-refractivity contribution < 1.29 is 32.6 Å². The lowest BCUT2D eigenvalue weighted by Gasteiger charge is -2.14. The van der Waals surface area contributed by atoms with Crippen LogP contribution in [-0.4, -0.2) is 31.0 Å². The zero-order valence-electron chi connectivity index (χ0n) is 15.1. The van der Waals surface area contributed by atoms with Crippen molar-refractivity contribution in [3.05, 3.63) is 65.7 Å². The van der Waals surface area contributed by atoms with E-state index in [2.05, 4.69) is 10.1 Å². The van der Waals surface area contributed by atoms with Crippen LogP contribution >= 0.6 is 0 Å². The standard InChI is InChI=1S/C20H19F2NO5/c1-2-16(13-6-4-3-5-7-13)19(26)27-12-17(24)23-18(25)14-8-10-15(11-9-14)28-20(21)22/h3-11,16,20H,2,12H2,1H3,(H,23,24,25)/t16-/m1/s1. The largest absolute Gasteiger partial charge is 0.455 e. The summed E-state index contributed by atoms with van der Waals surface area (Å²) in [4.78, 5) is 36.0. The van der Waals surface area contributed by atoms with E-state index in [4.69, 9.17) is 4.74 Å². The van der Waals surface area contributed by atoms with Crippen LogP contribution in [0.15, 0.2) is 54.6 Å². The summed E-state index contributed by atoms with van der Waals surface area (Å²) in [6.45, 7) is -1.76. The van der Waals surface area contributed by atoms with Crippen LogP contribution in [0.2, 0.25) is 0 Å². The van der Waals surface area contributed by atoms with Crippen molar-refractivity contribution in [3.63, 3.8) is 0 Å². The average molecular weight is 391 g/mol. The fraction of sp³-hybridized carbons (Fsp3) is 0.250. The van der Waals surface area contributed by atoms with Crippen molar-refractivity contribution in [1.29, 1.82) is 0 Å². The smallest absolute Gasteiger partial charge is 0.387 e. The molecule has 6 nitrogen and oxygen atoms in total. The van der Waals surface area contributed by atoms with Gasteiger partial charge in [-0.15, -0.1) is 0 Å². The number of ether oxygens (including phenoxy) is 2. The molecule has 0 unspecified atom stereocenters. The summed E-state index contributed by atoms with van der Waals surface area (Å²) in [6.07, 6.45) is 0.496. The van der Waals surface area contributed by atoms with Crippen molar-refractivity contribution in [3.8, 4) is 5.75 Å². The maximum absolute atomic E-state index is 12.2. The molecular weight excluding hydrogens is 372 g/mol. The lowest BCUT2D eigenvalue weighted by molar-refractivity contribution is -0.149. The van der Waals surface area contributed by atoms with Crippen LogP contribution in [0.25, 0.3) is 0 Å². The Morgan fingerprint density at radius 3 is 2.21 bits per heavy atom. The number of hydrogen-bond donors (Lipinski definition) is 1. The van der Waals surface area contributed by atoms with Gasteiger partial charge in [-0.25, -0.2) is 0 Å². The number of halogens is 2. The van der Waals surface area contributed by atoms with E-state index >= 15 is 0 Å². The minimum Gasteiger partial charge on any atom is -0.455 e. The molecular formula is C20H19F2NO5. The lowest BCUT2D eigenvalue weighted by Crippen LogP contribution is -2.34. The number of nitrogens with one attached hydrogen (secondary N) is 1. The minimum atomic E-state index is -2.97. The number of carbonyl (C=O) groups excluding carboxylic acids is 3. The summed E-state index contributed by atoms with van der Waals surface area (Å²) in [5.74, 6) is -2.73. The number of rotatable bonds is 8. The predicted molar refractivity (Wildman–Crippen MR) is 96.0 cm³/mol. The summed E-state index contributed by atoms with van der Waals surface area (Å²) in [6, 6.07) is 13.8. The van der Waals surface area contributed by atoms with Gasteiger partial charge < -0.3 is 9.47 Å². The van der Waals surface area contributed by atoms with Gasteiger partial charge in [0.2, 0.25) is 0 Å². The molecule has 148 valence electrons. The molecule has 2 aromatic carbocycles. The van der Waals surface area contributed by atoms with Crippen molar-refractivity contribution in [2.45, 2.75) is 25.9 Å². The topological polar surface area (TPSA) is 81.7 Å². The number of carbonyl (C=O) groups is 3. The molecule has 1 N–H and O–H groups in total. The number of hydrogen-bond acceptors (Lipinski definition) is 5. The van der Waals surface area contributed by atoms with Crippen LogP contribution in [0.3, 0.4) is 0 Å². The fourth-order valence-corrected chi connectivity index (χ4v) is 2.48. The predicted octanol–water partition coefficient (Wildman–Crippen LogP) is 3.28. The van der Waals surface area contributed by atoms with Crippen LogP contribution in [0.4, 0.5) is 8.78 Å². The second-order valence-electron chi connectivity index (χ2n) is 5.76. The van der Waals surface area contributed by atoms with Crippen LogP contribution in [-0.2, 0) is 14.3 Å². The molecule has 2 rings (SSSR count). The number of benzene rings is 2. The summed E-state index contributed by atoms with van der Waals surface area (Å²) in [5, 5.41) is 2.06. The number of amides is 2. The Balaban J connectivity index is 1.86. The van der Waals surface area contributed by atoms with Crippen molar-refractivity contribution in [1.82, 2.24) is 5.32 Å². The Morgan fingerprint density at radius 1 is 1.00 bits per heavy atom. The normalized spacial score (nSPS) is 11.6. The zero-order valence-corrected chi connectivity index (χ0v) is 15.1. The summed E-state index contributed by atoms with van der Waals surface area (Å²) in [5.41, 5.74) is 0.842. The Kier molecular flexibility index (Phi) is 7.62. The SMILES string of the molecule is CC[C@@H](C(=O)OCC(=O)NC(=O)c1ccc(OC(F)F)cc1)c1ccccc1. The molecule has 2 aromatic rings.